The van der Waals surface area contributed by atoms with Crippen LogP contribution >= 0.6 is 0 Å². The molecule has 0 radical (unpaired) electrons. The molecule has 1 aromatic carbocycles. The SMILES string of the molecule is C=CCOc1ccc(CNCCC)cc1[N+](=O)[O-]. The lowest BCUT2D eigenvalue weighted by Crippen LogP contribution is -2.13. The molecule has 1 N–H and O–H groups in total. The van der Waals surface area contributed by atoms with E-state index in [2.05, 4.69) is 18.8 Å². The molecule has 0 atom stereocenters. The Kier molecular flexibility index (Phi) is 5.87. The molecule has 0 aliphatic carbocycles. The van der Waals surface area contributed by atoms with Gasteiger partial charge in [0, 0.05) is 12.6 Å². The number of hydrogen-bond donors (Lipinski definition) is 1. The molecule has 1 rings (SSSR count). The number of nitro groups is 1. The molecule has 0 amide bonds. The molecule has 1 aromatic rings. The summed E-state index contributed by atoms with van der Waals surface area (Å²) in [5.74, 6) is 0.277. The fourth-order valence-electron chi connectivity index (χ4n) is 1.50. The first-order valence-corrected chi connectivity index (χ1v) is 5.90. The molecule has 0 saturated heterocycles. The van der Waals surface area contributed by atoms with Crippen LogP contribution < -0.4 is 10.1 Å². The van der Waals surface area contributed by atoms with Crippen molar-refractivity contribution in [3.05, 3.63) is 46.5 Å². The third-order valence-corrected chi connectivity index (χ3v) is 2.33. The Morgan fingerprint density at radius 3 is 2.94 bits per heavy atom. The minimum Gasteiger partial charge on any atom is -0.483 e. The summed E-state index contributed by atoms with van der Waals surface area (Å²) in [6.45, 7) is 7.36. The van der Waals surface area contributed by atoms with Crippen molar-refractivity contribution in [1.82, 2.24) is 5.32 Å². The van der Waals surface area contributed by atoms with E-state index in [-0.39, 0.29) is 18.0 Å². The number of nitrogens with one attached hydrogen (secondary N) is 1. The topological polar surface area (TPSA) is 64.4 Å². The summed E-state index contributed by atoms with van der Waals surface area (Å²) in [5.41, 5.74) is 0.869. The average Bonchev–Trinajstić information content (AvgIpc) is 2.37. The molecule has 5 heteroatoms. The summed E-state index contributed by atoms with van der Waals surface area (Å²) in [5, 5.41) is 14.1. The van der Waals surface area contributed by atoms with Gasteiger partial charge in [0.2, 0.25) is 0 Å². The Labute approximate surface area is 107 Å². The molecule has 0 aliphatic rings. The number of rotatable bonds is 8. The monoisotopic (exact) mass is 250 g/mol. The van der Waals surface area contributed by atoms with Gasteiger partial charge >= 0.3 is 5.69 Å². The van der Waals surface area contributed by atoms with E-state index in [1.807, 2.05) is 6.07 Å². The molecule has 0 spiro atoms. The van der Waals surface area contributed by atoms with Gasteiger partial charge in [-0.3, -0.25) is 10.1 Å². The Balaban J connectivity index is 2.81. The summed E-state index contributed by atoms with van der Waals surface area (Å²) < 4.78 is 5.25. The van der Waals surface area contributed by atoms with Crippen molar-refractivity contribution >= 4 is 5.69 Å². The van der Waals surface area contributed by atoms with Crippen LogP contribution in [0.3, 0.4) is 0 Å². The Bertz CT molecular complexity index is 419. The summed E-state index contributed by atoms with van der Waals surface area (Å²) in [4.78, 5) is 10.5. The summed E-state index contributed by atoms with van der Waals surface area (Å²) in [6.07, 6.45) is 2.59. The molecule has 5 nitrogen and oxygen atoms in total. The van der Waals surface area contributed by atoms with Gasteiger partial charge in [-0.1, -0.05) is 25.6 Å². The lowest BCUT2D eigenvalue weighted by molar-refractivity contribution is -0.385. The van der Waals surface area contributed by atoms with Crippen molar-refractivity contribution in [2.24, 2.45) is 0 Å². The Morgan fingerprint density at radius 1 is 1.56 bits per heavy atom. The number of hydrogen-bond acceptors (Lipinski definition) is 4. The molecule has 98 valence electrons. The molecular weight excluding hydrogens is 232 g/mol. The molecular formula is C13H18N2O3. The van der Waals surface area contributed by atoms with E-state index >= 15 is 0 Å². The molecule has 0 bridgehead atoms. The van der Waals surface area contributed by atoms with Gasteiger partial charge in [-0.25, -0.2) is 0 Å². The standard InChI is InChI=1S/C13H18N2O3/c1-3-7-14-10-11-5-6-13(18-8-4-2)12(9-11)15(16)17/h4-6,9,14H,2-3,7-8,10H2,1H3. The lowest BCUT2D eigenvalue weighted by atomic mass is 10.2. The van der Waals surface area contributed by atoms with E-state index in [4.69, 9.17) is 4.74 Å². The zero-order valence-electron chi connectivity index (χ0n) is 10.5. The van der Waals surface area contributed by atoms with Crippen LogP contribution in [0.2, 0.25) is 0 Å². The zero-order chi connectivity index (χ0) is 13.4. The van der Waals surface area contributed by atoms with Crippen molar-refractivity contribution in [3.8, 4) is 5.75 Å². The van der Waals surface area contributed by atoms with E-state index in [1.54, 1.807) is 18.2 Å². The van der Waals surface area contributed by atoms with E-state index < -0.39 is 4.92 Å². The van der Waals surface area contributed by atoms with Crippen LogP contribution in [0.1, 0.15) is 18.9 Å². The van der Waals surface area contributed by atoms with Gasteiger partial charge in [-0.05, 0) is 24.6 Å². The van der Waals surface area contributed by atoms with E-state index in [1.165, 1.54) is 0 Å². The highest BCUT2D eigenvalue weighted by Crippen LogP contribution is 2.27. The fraction of sp³-hybridized carbons (Fsp3) is 0.385. The maximum absolute atomic E-state index is 10.9. The number of benzene rings is 1. The number of nitrogens with zero attached hydrogens (tertiary/aromatic N) is 1. The van der Waals surface area contributed by atoms with Crippen LogP contribution in [0.4, 0.5) is 5.69 Å². The van der Waals surface area contributed by atoms with Crippen molar-refractivity contribution < 1.29 is 9.66 Å². The highest BCUT2D eigenvalue weighted by atomic mass is 16.6. The van der Waals surface area contributed by atoms with Crippen LogP contribution in [0, 0.1) is 10.1 Å². The van der Waals surface area contributed by atoms with Gasteiger partial charge in [-0.2, -0.15) is 0 Å². The van der Waals surface area contributed by atoms with Crippen molar-refractivity contribution in [3.63, 3.8) is 0 Å². The van der Waals surface area contributed by atoms with Gasteiger partial charge < -0.3 is 10.1 Å². The van der Waals surface area contributed by atoms with E-state index in [0.29, 0.717) is 6.54 Å². The predicted octanol–water partition coefficient (Wildman–Crippen LogP) is 2.66. The average molecular weight is 250 g/mol. The van der Waals surface area contributed by atoms with Gasteiger partial charge in [0.25, 0.3) is 0 Å². The lowest BCUT2D eigenvalue weighted by Gasteiger charge is -2.07. The second-order valence-corrected chi connectivity index (χ2v) is 3.84. The van der Waals surface area contributed by atoms with Crippen LogP contribution in [0.25, 0.3) is 0 Å². The largest absolute Gasteiger partial charge is 0.483 e. The quantitative estimate of drug-likeness (QED) is 0.333. The Morgan fingerprint density at radius 2 is 2.33 bits per heavy atom. The zero-order valence-corrected chi connectivity index (χ0v) is 10.5. The smallest absolute Gasteiger partial charge is 0.311 e. The minimum absolute atomic E-state index is 0.00681. The fourth-order valence-corrected chi connectivity index (χ4v) is 1.50. The van der Waals surface area contributed by atoms with Gasteiger partial charge in [0.1, 0.15) is 6.61 Å². The highest BCUT2D eigenvalue weighted by molar-refractivity contribution is 5.48. The summed E-state index contributed by atoms with van der Waals surface area (Å²) in [6, 6.07) is 5.00. The highest BCUT2D eigenvalue weighted by Gasteiger charge is 2.15. The number of ether oxygens (including phenoxy) is 1. The van der Waals surface area contributed by atoms with Gasteiger partial charge in [0.05, 0.1) is 4.92 Å². The molecule has 0 aromatic heterocycles. The Hall–Kier alpha value is -1.88. The van der Waals surface area contributed by atoms with Crippen LogP contribution in [-0.4, -0.2) is 18.1 Å². The van der Waals surface area contributed by atoms with E-state index in [0.717, 1.165) is 18.5 Å². The summed E-state index contributed by atoms with van der Waals surface area (Å²) >= 11 is 0. The van der Waals surface area contributed by atoms with E-state index in [9.17, 15) is 10.1 Å². The predicted molar refractivity (Wildman–Crippen MR) is 70.8 cm³/mol. The second kappa shape index (κ2) is 7.45. The van der Waals surface area contributed by atoms with Crippen LogP contribution in [0.5, 0.6) is 5.75 Å². The third kappa shape index (κ3) is 4.18. The van der Waals surface area contributed by atoms with Crippen molar-refractivity contribution in [2.75, 3.05) is 13.2 Å². The molecule has 0 unspecified atom stereocenters. The molecule has 0 aliphatic heterocycles. The first kappa shape index (κ1) is 14.2. The maximum Gasteiger partial charge on any atom is 0.311 e. The normalized spacial score (nSPS) is 10.1. The maximum atomic E-state index is 10.9. The minimum atomic E-state index is -0.429. The molecule has 18 heavy (non-hydrogen) atoms. The molecule has 0 fully saturated rings. The molecule has 0 heterocycles. The first-order chi connectivity index (χ1) is 8.69. The molecule has 0 saturated carbocycles. The van der Waals surface area contributed by atoms with Crippen LogP contribution in [0.15, 0.2) is 30.9 Å². The second-order valence-electron chi connectivity index (χ2n) is 3.84. The van der Waals surface area contributed by atoms with Crippen molar-refractivity contribution in [2.45, 2.75) is 19.9 Å². The van der Waals surface area contributed by atoms with Gasteiger partial charge in [-0.15, -0.1) is 0 Å². The third-order valence-electron chi connectivity index (χ3n) is 2.33. The van der Waals surface area contributed by atoms with Crippen molar-refractivity contribution in [1.29, 1.82) is 0 Å². The summed E-state index contributed by atoms with van der Waals surface area (Å²) in [7, 11) is 0. The first-order valence-electron chi connectivity index (χ1n) is 5.90. The van der Waals surface area contributed by atoms with Crippen LogP contribution in [-0.2, 0) is 6.54 Å². The number of nitro benzene ring substituents is 1. The van der Waals surface area contributed by atoms with Gasteiger partial charge in [0.15, 0.2) is 5.75 Å².